The van der Waals surface area contributed by atoms with Crippen molar-refractivity contribution in [3.8, 4) is 11.4 Å². The second kappa shape index (κ2) is 10.5. The standard InChI is InChI=1S/C27H35N5O3/c1-19-16-31(18-29-19)24-11-10-20(14-25(24)34-2)13-22-9-6-12-32-23(17-35-30-26(22)32)15-28-27(33)21-7-4-3-5-8-21/h10-11,13-14,16,18,21,23H,3-9,12,15,17H2,1-2H3,(H,28,33)/b22-13+/t23-/m0/s1. The van der Waals surface area contributed by atoms with Gasteiger partial charge in [0.25, 0.3) is 0 Å². The lowest BCUT2D eigenvalue weighted by Gasteiger charge is -2.40. The van der Waals surface area contributed by atoms with Crippen molar-refractivity contribution < 1.29 is 14.4 Å². The van der Waals surface area contributed by atoms with Gasteiger partial charge in [0, 0.05) is 25.2 Å². The molecule has 1 aromatic carbocycles. The third-order valence-electron chi connectivity index (χ3n) is 7.29. The lowest BCUT2D eigenvalue weighted by Crippen LogP contribution is -2.54. The van der Waals surface area contributed by atoms with Gasteiger partial charge in [-0.3, -0.25) is 4.79 Å². The number of piperidine rings is 1. The van der Waals surface area contributed by atoms with Crippen molar-refractivity contribution in [3.05, 3.63) is 47.6 Å². The molecule has 8 heteroatoms. The van der Waals surface area contributed by atoms with Gasteiger partial charge in [0.15, 0.2) is 5.84 Å². The Hall–Kier alpha value is -3.29. The average molecular weight is 478 g/mol. The number of carbonyl (C=O) groups excluding carboxylic acids is 1. The molecule has 5 rings (SSSR count). The summed E-state index contributed by atoms with van der Waals surface area (Å²) in [6, 6.07) is 6.28. The number of aryl methyl sites for hydroxylation is 1. The molecule has 1 aliphatic carbocycles. The third-order valence-corrected chi connectivity index (χ3v) is 7.29. The van der Waals surface area contributed by atoms with E-state index >= 15 is 0 Å². The Labute approximate surface area is 207 Å². The maximum absolute atomic E-state index is 12.7. The molecule has 1 N–H and O–H groups in total. The maximum Gasteiger partial charge on any atom is 0.223 e. The van der Waals surface area contributed by atoms with Crippen molar-refractivity contribution in [3.63, 3.8) is 0 Å². The lowest BCUT2D eigenvalue weighted by molar-refractivity contribution is -0.126. The van der Waals surface area contributed by atoms with Gasteiger partial charge in [0.1, 0.15) is 12.4 Å². The van der Waals surface area contributed by atoms with E-state index in [9.17, 15) is 4.79 Å². The van der Waals surface area contributed by atoms with Crippen molar-refractivity contribution >= 4 is 17.8 Å². The van der Waals surface area contributed by atoms with Crippen LogP contribution < -0.4 is 10.1 Å². The van der Waals surface area contributed by atoms with Crippen LogP contribution in [0.5, 0.6) is 5.75 Å². The molecule has 186 valence electrons. The molecule has 1 saturated carbocycles. The molecule has 2 aliphatic heterocycles. The highest BCUT2D eigenvalue weighted by atomic mass is 16.6. The first-order chi connectivity index (χ1) is 17.1. The zero-order valence-electron chi connectivity index (χ0n) is 20.7. The highest BCUT2D eigenvalue weighted by Crippen LogP contribution is 2.29. The Morgan fingerprint density at radius 3 is 2.89 bits per heavy atom. The van der Waals surface area contributed by atoms with E-state index in [4.69, 9.17) is 9.57 Å². The topological polar surface area (TPSA) is 81.0 Å². The molecule has 1 aromatic heterocycles. The minimum Gasteiger partial charge on any atom is -0.495 e. The Bertz CT molecular complexity index is 1120. The van der Waals surface area contributed by atoms with Crippen LogP contribution in [-0.4, -0.2) is 59.0 Å². The molecule has 0 unspecified atom stereocenters. The molecule has 0 spiro atoms. The number of ether oxygens (including phenoxy) is 1. The number of nitrogens with one attached hydrogen (secondary N) is 1. The molecule has 35 heavy (non-hydrogen) atoms. The molecule has 8 nitrogen and oxygen atoms in total. The molecular weight excluding hydrogens is 442 g/mol. The first kappa shape index (κ1) is 23.5. The molecule has 0 bridgehead atoms. The van der Waals surface area contributed by atoms with Crippen LogP contribution in [0.4, 0.5) is 0 Å². The van der Waals surface area contributed by atoms with Gasteiger partial charge in [-0.1, -0.05) is 30.5 Å². The molecule has 1 atom stereocenters. The number of nitrogens with zero attached hydrogens (tertiary/aromatic N) is 4. The second-order valence-corrected chi connectivity index (χ2v) is 9.76. The highest BCUT2D eigenvalue weighted by molar-refractivity contribution is 6.03. The fourth-order valence-corrected chi connectivity index (χ4v) is 5.37. The van der Waals surface area contributed by atoms with Gasteiger partial charge >= 0.3 is 0 Å². The minimum absolute atomic E-state index is 0.0973. The molecule has 3 aliphatic rings. The number of amides is 1. The van der Waals surface area contributed by atoms with E-state index in [1.54, 1.807) is 13.4 Å². The van der Waals surface area contributed by atoms with Crippen LogP contribution in [0.2, 0.25) is 0 Å². The Kier molecular flexibility index (Phi) is 7.06. The molecule has 1 amide bonds. The van der Waals surface area contributed by atoms with E-state index < -0.39 is 0 Å². The smallest absolute Gasteiger partial charge is 0.223 e. The number of hydrogen-bond donors (Lipinski definition) is 1. The minimum atomic E-state index is 0.0973. The van der Waals surface area contributed by atoms with Crippen LogP contribution in [0.3, 0.4) is 0 Å². The number of amidine groups is 1. The number of imidazole rings is 1. The maximum atomic E-state index is 12.7. The largest absolute Gasteiger partial charge is 0.495 e. The van der Waals surface area contributed by atoms with Crippen LogP contribution in [0.15, 0.2) is 41.5 Å². The monoisotopic (exact) mass is 477 g/mol. The van der Waals surface area contributed by atoms with Crippen molar-refractivity contribution in [1.29, 1.82) is 0 Å². The summed E-state index contributed by atoms with van der Waals surface area (Å²) < 4.78 is 7.65. The Balaban J connectivity index is 1.30. The average Bonchev–Trinajstić information content (AvgIpc) is 3.33. The van der Waals surface area contributed by atoms with Gasteiger partial charge in [-0.25, -0.2) is 4.98 Å². The van der Waals surface area contributed by atoms with Gasteiger partial charge in [0.2, 0.25) is 5.91 Å². The van der Waals surface area contributed by atoms with Crippen molar-refractivity contribution in [2.45, 2.75) is 57.9 Å². The van der Waals surface area contributed by atoms with E-state index in [-0.39, 0.29) is 17.9 Å². The van der Waals surface area contributed by atoms with Crippen LogP contribution in [0, 0.1) is 12.8 Å². The Morgan fingerprint density at radius 2 is 2.11 bits per heavy atom. The first-order valence-electron chi connectivity index (χ1n) is 12.8. The predicted octanol–water partition coefficient (Wildman–Crippen LogP) is 4.08. The van der Waals surface area contributed by atoms with Crippen LogP contribution >= 0.6 is 0 Å². The number of hydrogen-bond acceptors (Lipinski definition) is 6. The molecule has 0 radical (unpaired) electrons. The Morgan fingerprint density at radius 1 is 1.26 bits per heavy atom. The van der Waals surface area contributed by atoms with Gasteiger partial charge in [-0.15, -0.1) is 0 Å². The van der Waals surface area contributed by atoms with Crippen molar-refractivity contribution in [2.75, 3.05) is 26.8 Å². The first-order valence-corrected chi connectivity index (χ1v) is 12.8. The summed E-state index contributed by atoms with van der Waals surface area (Å²) in [5.74, 6) is 2.03. The fourth-order valence-electron chi connectivity index (χ4n) is 5.37. The number of aromatic nitrogens is 2. The van der Waals surface area contributed by atoms with Crippen LogP contribution in [0.25, 0.3) is 11.8 Å². The van der Waals surface area contributed by atoms with Gasteiger partial charge < -0.3 is 24.4 Å². The van der Waals surface area contributed by atoms with Gasteiger partial charge in [0.05, 0.1) is 30.9 Å². The number of carbonyl (C=O) groups is 1. The zero-order chi connectivity index (χ0) is 24.2. The molecule has 2 fully saturated rings. The normalized spacial score (nSPS) is 21.8. The van der Waals surface area contributed by atoms with E-state index in [1.165, 1.54) is 6.42 Å². The summed E-state index contributed by atoms with van der Waals surface area (Å²) in [5, 5.41) is 7.62. The van der Waals surface area contributed by atoms with E-state index in [1.807, 2.05) is 23.8 Å². The summed E-state index contributed by atoms with van der Waals surface area (Å²) in [6.07, 6.45) is 13.5. The summed E-state index contributed by atoms with van der Waals surface area (Å²) in [6.45, 7) is 3.98. The summed E-state index contributed by atoms with van der Waals surface area (Å²) in [4.78, 5) is 24.9. The zero-order valence-corrected chi connectivity index (χ0v) is 20.7. The second-order valence-electron chi connectivity index (χ2n) is 9.76. The summed E-state index contributed by atoms with van der Waals surface area (Å²) >= 11 is 0. The molecule has 3 heterocycles. The van der Waals surface area contributed by atoms with Crippen molar-refractivity contribution in [1.82, 2.24) is 19.8 Å². The summed E-state index contributed by atoms with van der Waals surface area (Å²) in [5.41, 5.74) is 4.11. The van der Waals surface area contributed by atoms with E-state index in [2.05, 4.69) is 38.6 Å². The quantitative estimate of drug-likeness (QED) is 0.678. The predicted molar refractivity (Wildman–Crippen MR) is 136 cm³/mol. The summed E-state index contributed by atoms with van der Waals surface area (Å²) in [7, 11) is 1.69. The van der Waals surface area contributed by atoms with Gasteiger partial charge in [-0.05, 0) is 62.0 Å². The van der Waals surface area contributed by atoms with Crippen LogP contribution in [0.1, 0.15) is 56.2 Å². The number of fused-ring (bicyclic) bond motifs is 1. The molecular formula is C27H35N5O3. The number of rotatable bonds is 6. The van der Waals surface area contributed by atoms with E-state index in [0.717, 1.165) is 79.2 Å². The van der Waals surface area contributed by atoms with Crippen LogP contribution in [-0.2, 0) is 9.63 Å². The number of methoxy groups -OCH3 is 1. The number of oxime groups is 1. The molecule has 2 aromatic rings. The third kappa shape index (κ3) is 5.21. The number of benzene rings is 1. The van der Waals surface area contributed by atoms with Gasteiger partial charge in [-0.2, -0.15) is 0 Å². The van der Waals surface area contributed by atoms with Crippen molar-refractivity contribution in [2.24, 2.45) is 11.1 Å². The lowest BCUT2D eigenvalue weighted by atomic mass is 9.88. The SMILES string of the molecule is COc1cc(/C=C2\CCCN3C2=NOC[C@@H]3CNC(=O)C2CCCCC2)ccc1-n1cnc(C)c1. The highest BCUT2D eigenvalue weighted by Gasteiger charge is 2.33. The fraction of sp³-hybridized carbons (Fsp3) is 0.519. The molecule has 1 saturated heterocycles. The van der Waals surface area contributed by atoms with E-state index in [0.29, 0.717) is 13.2 Å².